The molecule has 0 unspecified atom stereocenters. The monoisotopic (exact) mass is 276 g/mol. The first-order chi connectivity index (χ1) is 6.50. The quantitative estimate of drug-likeness (QED) is 0.517. The predicted octanol–water partition coefficient (Wildman–Crippen LogP) is 1.74. The van der Waals surface area contributed by atoms with E-state index in [1.54, 1.807) is 12.1 Å². The summed E-state index contributed by atoms with van der Waals surface area (Å²) in [6, 6.07) is 3.22. The van der Waals surface area contributed by atoms with E-state index >= 15 is 0 Å². The van der Waals surface area contributed by atoms with Gasteiger partial charge in [-0.05, 0) is 28.1 Å². The third-order valence-corrected chi connectivity index (χ3v) is 3.07. The number of halogens is 1. The lowest BCUT2D eigenvalue weighted by Gasteiger charge is -1.92. The average molecular weight is 277 g/mol. The fourth-order valence-electron chi connectivity index (χ4n) is 0.773. The minimum absolute atomic E-state index is 0.381. The molecule has 0 atom stereocenters. The topological polar surface area (TPSA) is 71.4 Å². The molecule has 74 valence electrons. The van der Waals surface area contributed by atoms with Gasteiger partial charge < -0.3 is 5.11 Å². The Morgan fingerprint density at radius 3 is 2.43 bits per heavy atom. The van der Waals surface area contributed by atoms with E-state index in [2.05, 4.69) is 15.9 Å². The van der Waals surface area contributed by atoms with Gasteiger partial charge in [-0.2, -0.15) is 0 Å². The summed E-state index contributed by atoms with van der Waals surface area (Å²) < 4.78 is 0.767. The van der Waals surface area contributed by atoms with E-state index in [1.807, 2.05) is 0 Å². The van der Waals surface area contributed by atoms with Gasteiger partial charge in [-0.3, -0.25) is 9.59 Å². The fraction of sp³-hybridized carbons (Fsp3) is 0.125. The molecule has 0 amide bonds. The molecule has 0 saturated heterocycles. The Bertz CT molecular complexity index is 396. The molecule has 1 aromatic heterocycles. The number of aliphatic carboxylic acids is 1. The lowest BCUT2D eigenvalue weighted by molar-refractivity contribution is -0.148. The van der Waals surface area contributed by atoms with Crippen LogP contribution in [0, 0.1) is 0 Å². The summed E-state index contributed by atoms with van der Waals surface area (Å²) in [5.74, 6) is -3.12. The van der Waals surface area contributed by atoms with Crippen LogP contribution < -0.4 is 0 Å². The molecule has 0 aliphatic heterocycles. The van der Waals surface area contributed by atoms with Gasteiger partial charge >= 0.3 is 5.97 Å². The molecule has 4 nitrogen and oxygen atoms in total. The molecule has 0 radical (unpaired) electrons. The number of hydrogen-bond donors (Lipinski definition) is 1. The molecule has 0 aliphatic carbocycles. The molecule has 1 N–H and O–H groups in total. The number of ketones is 2. The first-order valence-corrected chi connectivity index (χ1v) is 5.16. The molecule has 14 heavy (non-hydrogen) atoms. The van der Waals surface area contributed by atoms with Crippen molar-refractivity contribution in [1.82, 2.24) is 0 Å². The Morgan fingerprint density at radius 2 is 2.00 bits per heavy atom. The van der Waals surface area contributed by atoms with E-state index in [1.165, 1.54) is 11.3 Å². The average Bonchev–Trinajstić information content (AvgIpc) is 2.51. The normalized spacial score (nSPS) is 9.79. The summed E-state index contributed by atoms with van der Waals surface area (Å²) in [6.07, 6.45) is -0.581. The molecule has 0 bridgehead atoms. The van der Waals surface area contributed by atoms with E-state index in [0.29, 0.717) is 4.88 Å². The van der Waals surface area contributed by atoms with Crippen molar-refractivity contribution < 1.29 is 19.5 Å². The van der Waals surface area contributed by atoms with Crippen LogP contribution >= 0.6 is 27.3 Å². The van der Waals surface area contributed by atoms with E-state index in [-0.39, 0.29) is 0 Å². The van der Waals surface area contributed by atoms with Crippen LogP contribution in [0.15, 0.2) is 15.9 Å². The first-order valence-electron chi connectivity index (χ1n) is 3.55. The van der Waals surface area contributed by atoms with Crippen LogP contribution in [0.1, 0.15) is 16.1 Å². The second-order valence-electron chi connectivity index (χ2n) is 2.43. The molecular formula is C8H5BrO4S. The van der Waals surface area contributed by atoms with Crippen LogP contribution in [0.2, 0.25) is 0 Å². The van der Waals surface area contributed by atoms with Crippen molar-refractivity contribution in [3.63, 3.8) is 0 Å². The molecule has 1 heterocycles. The van der Waals surface area contributed by atoms with Crippen molar-refractivity contribution in [3.8, 4) is 0 Å². The van der Waals surface area contributed by atoms with Crippen LogP contribution in [0.25, 0.3) is 0 Å². The van der Waals surface area contributed by atoms with Gasteiger partial charge in [0.15, 0.2) is 5.78 Å². The summed E-state index contributed by atoms with van der Waals surface area (Å²) in [5.41, 5.74) is 0. The standard InChI is InChI=1S/C8H5BrO4S/c9-7-2-1-6(14-7)4(10)3-5(11)8(12)13/h1-2H,3H2,(H,12,13). The third kappa shape index (κ3) is 2.74. The third-order valence-electron chi connectivity index (χ3n) is 1.41. The Labute approximate surface area is 91.7 Å². The Kier molecular flexibility index (Phi) is 3.54. The molecule has 0 spiro atoms. The molecule has 1 aromatic rings. The van der Waals surface area contributed by atoms with Gasteiger partial charge in [0, 0.05) is 0 Å². The van der Waals surface area contributed by atoms with Crippen molar-refractivity contribution >= 4 is 44.8 Å². The Balaban J connectivity index is 2.68. The molecule has 0 aromatic carbocycles. The zero-order valence-corrected chi connectivity index (χ0v) is 9.22. The van der Waals surface area contributed by atoms with Crippen molar-refractivity contribution in [2.24, 2.45) is 0 Å². The molecule has 0 aliphatic rings. The predicted molar refractivity (Wildman–Crippen MR) is 53.6 cm³/mol. The lowest BCUT2D eigenvalue weighted by atomic mass is 10.2. The molecule has 0 fully saturated rings. The van der Waals surface area contributed by atoms with Crippen LogP contribution in [0.5, 0.6) is 0 Å². The van der Waals surface area contributed by atoms with Gasteiger partial charge in [0.05, 0.1) is 15.1 Å². The summed E-state index contributed by atoms with van der Waals surface area (Å²) in [6.45, 7) is 0. The highest BCUT2D eigenvalue weighted by Gasteiger charge is 2.18. The number of rotatable bonds is 4. The summed E-state index contributed by atoms with van der Waals surface area (Å²) in [4.78, 5) is 32.5. The zero-order valence-electron chi connectivity index (χ0n) is 6.82. The summed E-state index contributed by atoms with van der Waals surface area (Å²) in [7, 11) is 0. The summed E-state index contributed by atoms with van der Waals surface area (Å²) in [5, 5.41) is 8.28. The summed E-state index contributed by atoms with van der Waals surface area (Å²) >= 11 is 4.33. The van der Waals surface area contributed by atoms with Crippen LogP contribution in [0.4, 0.5) is 0 Å². The minimum Gasteiger partial charge on any atom is -0.475 e. The van der Waals surface area contributed by atoms with Gasteiger partial charge in [-0.1, -0.05) is 0 Å². The highest BCUT2D eigenvalue weighted by atomic mass is 79.9. The molecule has 1 rings (SSSR count). The van der Waals surface area contributed by atoms with E-state index < -0.39 is 24.0 Å². The number of carboxylic acids is 1. The highest BCUT2D eigenvalue weighted by Crippen LogP contribution is 2.23. The van der Waals surface area contributed by atoms with Gasteiger partial charge in [0.2, 0.25) is 5.78 Å². The number of hydrogen-bond acceptors (Lipinski definition) is 4. The van der Waals surface area contributed by atoms with E-state index in [9.17, 15) is 14.4 Å². The molecule has 6 heteroatoms. The number of carbonyl (C=O) groups is 3. The Hall–Kier alpha value is -1.01. The van der Waals surface area contributed by atoms with Crippen LogP contribution in [-0.2, 0) is 9.59 Å². The van der Waals surface area contributed by atoms with Crippen LogP contribution in [-0.4, -0.2) is 22.6 Å². The number of Topliss-reactive ketones (excluding diaryl/α,β-unsaturated/α-hetero) is 2. The number of thiophene rings is 1. The zero-order chi connectivity index (χ0) is 10.7. The maximum atomic E-state index is 11.3. The van der Waals surface area contributed by atoms with E-state index in [4.69, 9.17) is 5.11 Å². The van der Waals surface area contributed by atoms with Gasteiger partial charge in [-0.25, -0.2) is 4.79 Å². The maximum Gasteiger partial charge on any atom is 0.372 e. The SMILES string of the molecule is O=C(O)C(=O)CC(=O)c1ccc(Br)s1. The minimum atomic E-state index is -1.58. The highest BCUT2D eigenvalue weighted by molar-refractivity contribution is 9.11. The lowest BCUT2D eigenvalue weighted by Crippen LogP contribution is -2.16. The molecular weight excluding hydrogens is 272 g/mol. The number of carboxylic acid groups (broad SMARTS) is 1. The van der Waals surface area contributed by atoms with Crippen molar-refractivity contribution in [3.05, 3.63) is 20.8 Å². The molecule has 0 saturated carbocycles. The van der Waals surface area contributed by atoms with Gasteiger partial charge in [0.1, 0.15) is 0 Å². The van der Waals surface area contributed by atoms with Crippen LogP contribution in [0.3, 0.4) is 0 Å². The smallest absolute Gasteiger partial charge is 0.372 e. The van der Waals surface area contributed by atoms with Crippen molar-refractivity contribution in [2.45, 2.75) is 6.42 Å². The van der Waals surface area contributed by atoms with Crippen molar-refractivity contribution in [2.75, 3.05) is 0 Å². The second kappa shape index (κ2) is 4.47. The Morgan fingerprint density at radius 1 is 1.36 bits per heavy atom. The van der Waals surface area contributed by atoms with Gasteiger partial charge in [0.25, 0.3) is 0 Å². The van der Waals surface area contributed by atoms with Gasteiger partial charge in [-0.15, -0.1) is 11.3 Å². The number of carbonyl (C=O) groups excluding carboxylic acids is 2. The fourth-order valence-corrected chi connectivity index (χ4v) is 2.10. The second-order valence-corrected chi connectivity index (χ2v) is 4.90. The largest absolute Gasteiger partial charge is 0.475 e. The van der Waals surface area contributed by atoms with Crippen molar-refractivity contribution in [1.29, 1.82) is 0 Å². The first kappa shape index (κ1) is 11.1. The maximum absolute atomic E-state index is 11.3. The van der Waals surface area contributed by atoms with E-state index in [0.717, 1.165) is 3.79 Å².